The second kappa shape index (κ2) is 7.54. The van der Waals surface area contributed by atoms with Crippen LogP contribution >= 0.6 is 0 Å². The van der Waals surface area contributed by atoms with Crippen LogP contribution in [-0.2, 0) is 22.7 Å². The summed E-state index contributed by atoms with van der Waals surface area (Å²) in [5.41, 5.74) is 1.95. The summed E-state index contributed by atoms with van der Waals surface area (Å²) in [5, 5.41) is 5.07. The van der Waals surface area contributed by atoms with E-state index >= 15 is 0 Å². The maximum atomic E-state index is 14.1. The zero-order valence-corrected chi connectivity index (χ0v) is 15.8. The number of halogens is 1. The van der Waals surface area contributed by atoms with Gasteiger partial charge in [-0.15, -0.1) is 0 Å². The van der Waals surface area contributed by atoms with E-state index in [1.807, 2.05) is 0 Å². The molecule has 3 amide bonds. The van der Waals surface area contributed by atoms with Gasteiger partial charge in [-0.1, -0.05) is 6.07 Å². The van der Waals surface area contributed by atoms with E-state index in [1.54, 1.807) is 37.4 Å². The van der Waals surface area contributed by atoms with Crippen molar-refractivity contribution < 1.29 is 24.9 Å². The maximum Gasteiger partial charge on any atom is 0.255 e. The van der Waals surface area contributed by atoms with E-state index < -0.39 is 29.6 Å². The fourth-order valence-electron chi connectivity index (χ4n) is 3.52. The minimum atomic E-state index is -1.87. The van der Waals surface area contributed by atoms with E-state index in [-0.39, 0.29) is 26.0 Å². The smallest absolute Gasteiger partial charge is 0.255 e. The number of nitrogens with zero attached hydrogens (tertiary/aromatic N) is 1. The average Bonchev–Trinajstić information content (AvgIpc) is 3.08. The van der Waals surface area contributed by atoms with Gasteiger partial charge in [0.2, 0.25) is 11.8 Å². The number of rotatable bonds is 5. The van der Waals surface area contributed by atoms with E-state index in [9.17, 15) is 18.8 Å². The summed E-state index contributed by atoms with van der Waals surface area (Å²) < 4.78 is 28.5. The highest BCUT2D eigenvalue weighted by molar-refractivity contribution is 6.05. The molecule has 2 N–H and O–H groups in total. The number of hydrogen-bond donors (Lipinski definition) is 2. The zero-order valence-electron chi connectivity index (χ0n) is 16.8. The number of fused-ring (bicyclic) bond motifs is 1. The first-order valence-electron chi connectivity index (χ1n) is 9.70. The van der Waals surface area contributed by atoms with E-state index in [0.29, 0.717) is 22.4 Å². The molecule has 2 aromatic carbocycles. The summed E-state index contributed by atoms with van der Waals surface area (Å²) in [5.74, 6) is -1.77. The van der Waals surface area contributed by atoms with Crippen molar-refractivity contribution in [2.75, 3.05) is 12.4 Å². The first-order chi connectivity index (χ1) is 14.3. The topological polar surface area (TPSA) is 87.7 Å². The number of benzene rings is 2. The van der Waals surface area contributed by atoms with Gasteiger partial charge < -0.3 is 15.0 Å². The van der Waals surface area contributed by atoms with Gasteiger partial charge in [-0.3, -0.25) is 19.7 Å². The Kier molecular flexibility index (Phi) is 4.59. The highest BCUT2D eigenvalue weighted by atomic mass is 19.1. The lowest BCUT2D eigenvalue weighted by molar-refractivity contribution is -0.136. The minimum Gasteiger partial charge on any atom is -0.488 e. The number of piperidine rings is 1. The molecule has 0 saturated carbocycles. The number of nitrogens with one attached hydrogen (secondary N) is 2. The van der Waals surface area contributed by atoms with Crippen LogP contribution in [0.5, 0.6) is 5.75 Å². The number of anilines is 1. The number of imide groups is 1. The quantitative estimate of drug-likeness (QED) is 0.754. The summed E-state index contributed by atoms with van der Waals surface area (Å²) in [6.45, 7) is -0.0541. The molecule has 2 aliphatic rings. The van der Waals surface area contributed by atoms with Gasteiger partial charge in [-0.05, 0) is 36.8 Å². The van der Waals surface area contributed by atoms with Crippen molar-refractivity contribution in [2.45, 2.75) is 32.0 Å². The summed E-state index contributed by atoms with van der Waals surface area (Å²) in [4.78, 5) is 37.8. The molecule has 0 aromatic heterocycles. The predicted octanol–water partition coefficient (Wildman–Crippen LogP) is 2.21. The Balaban J connectivity index is 1.58. The minimum absolute atomic E-state index is 0.00547. The van der Waals surface area contributed by atoms with Crippen LogP contribution in [-0.4, -0.2) is 35.7 Å². The van der Waals surface area contributed by atoms with E-state index in [2.05, 4.69) is 10.6 Å². The molecule has 150 valence electrons. The van der Waals surface area contributed by atoms with Gasteiger partial charge in [0.1, 0.15) is 24.2 Å². The van der Waals surface area contributed by atoms with Crippen LogP contribution in [0.2, 0.25) is 0 Å². The number of amides is 3. The average molecular weight is 398 g/mol. The number of hydrogen-bond acceptors (Lipinski definition) is 5. The first-order valence-corrected chi connectivity index (χ1v) is 9.20. The van der Waals surface area contributed by atoms with Crippen LogP contribution in [0.4, 0.5) is 10.1 Å². The lowest BCUT2D eigenvalue weighted by atomic mass is 10.0. The van der Waals surface area contributed by atoms with Gasteiger partial charge in [0, 0.05) is 35.8 Å². The molecule has 0 bridgehead atoms. The molecule has 1 atom stereocenters. The third-order valence-corrected chi connectivity index (χ3v) is 5.07. The Morgan fingerprint density at radius 3 is 2.90 bits per heavy atom. The normalized spacial score (nSPS) is 21.5. The van der Waals surface area contributed by atoms with E-state index in [1.165, 1.54) is 6.07 Å². The maximum absolute atomic E-state index is 14.1. The van der Waals surface area contributed by atoms with Crippen LogP contribution < -0.4 is 15.4 Å². The summed E-state index contributed by atoms with van der Waals surface area (Å²) in [6, 6.07) is 7.63. The van der Waals surface area contributed by atoms with Crippen LogP contribution in [0.3, 0.4) is 0 Å². The van der Waals surface area contributed by atoms with Crippen molar-refractivity contribution in [1.82, 2.24) is 10.2 Å². The van der Waals surface area contributed by atoms with E-state index in [0.717, 1.165) is 10.6 Å². The molecule has 29 heavy (non-hydrogen) atoms. The third kappa shape index (κ3) is 3.53. The van der Waals surface area contributed by atoms with Gasteiger partial charge in [0.15, 0.2) is 0 Å². The predicted molar refractivity (Wildman–Crippen MR) is 103 cm³/mol. The lowest BCUT2D eigenvalue weighted by Gasteiger charge is -2.29. The molecule has 8 heteroatoms. The van der Waals surface area contributed by atoms with Crippen LogP contribution in [0.25, 0.3) is 0 Å². The highest BCUT2D eigenvalue weighted by Crippen LogP contribution is 2.34. The molecule has 4 rings (SSSR count). The molecule has 2 heterocycles. The molecular weight excluding hydrogens is 377 g/mol. The van der Waals surface area contributed by atoms with Crippen LogP contribution in [0.1, 0.15) is 35.7 Å². The molecule has 1 fully saturated rings. The molecule has 1 unspecified atom stereocenters. The molecule has 0 aliphatic carbocycles. The second-order valence-corrected chi connectivity index (χ2v) is 6.84. The fraction of sp³-hybridized carbons (Fsp3) is 0.286. The summed E-state index contributed by atoms with van der Waals surface area (Å²) in [6.07, 6.45) is -0.0879. The highest BCUT2D eigenvalue weighted by Gasteiger charge is 2.40. The standard InChI is InChI=1S/C21H20FN3O4/c1-23-13-5-6-16(22)12(9-13)11-29-18-4-2-3-14-15(18)10-25(21(14)28)17-7-8-19(26)24-20(17)27/h2-6,9,17,23H,7-8,10-11H2,1H3,(H,24,26,27)/i17D. The van der Waals surface area contributed by atoms with Crippen molar-refractivity contribution in [3.8, 4) is 5.75 Å². The van der Waals surface area contributed by atoms with Crippen molar-refractivity contribution >= 4 is 23.4 Å². The van der Waals surface area contributed by atoms with Crippen molar-refractivity contribution in [2.24, 2.45) is 0 Å². The Morgan fingerprint density at radius 2 is 2.14 bits per heavy atom. The Hall–Kier alpha value is -3.42. The number of carbonyl (C=O) groups is 3. The Bertz CT molecular complexity index is 1060. The fourth-order valence-corrected chi connectivity index (χ4v) is 3.52. The van der Waals surface area contributed by atoms with Crippen molar-refractivity contribution in [3.05, 3.63) is 58.9 Å². The SMILES string of the molecule is [2H]C1(N2Cc3c(OCc4cc(NC)ccc4F)cccc3C2=O)CCC(=O)NC1=O. The molecule has 0 spiro atoms. The molecule has 0 radical (unpaired) electrons. The number of carbonyl (C=O) groups excluding carboxylic acids is 3. The van der Waals surface area contributed by atoms with Crippen LogP contribution in [0, 0.1) is 5.82 Å². The Morgan fingerprint density at radius 1 is 1.31 bits per heavy atom. The monoisotopic (exact) mass is 398 g/mol. The lowest BCUT2D eigenvalue weighted by Crippen LogP contribution is -2.52. The third-order valence-electron chi connectivity index (χ3n) is 5.07. The first kappa shape index (κ1) is 17.7. The molecule has 7 nitrogen and oxygen atoms in total. The molecule has 1 saturated heterocycles. The van der Waals surface area contributed by atoms with Crippen LogP contribution in [0.15, 0.2) is 36.4 Å². The molecular formula is C21H20FN3O4. The Labute approximate surface area is 168 Å². The zero-order chi connectivity index (χ0) is 21.5. The van der Waals surface area contributed by atoms with Gasteiger partial charge >= 0.3 is 0 Å². The van der Waals surface area contributed by atoms with Crippen molar-refractivity contribution in [3.63, 3.8) is 0 Å². The molecule has 2 aliphatic heterocycles. The molecule has 2 aromatic rings. The van der Waals surface area contributed by atoms with Gasteiger partial charge in [0.05, 0.1) is 7.92 Å². The second-order valence-electron chi connectivity index (χ2n) is 6.84. The summed E-state index contributed by atoms with van der Waals surface area (Å²) in [7, 11) is 1.73. The van der Waals surface area contributed by atoms with E-state index in [4.69, 9.17) is 6.11 Å². The van der Waals surface area contributed by atoms with Gasteiger partial charge in [-0.2, -0.15) is 0 Å². The number of ether oxygens (including phenoxy) is 1. The van der Waals surface area contributed by atoms with Crippen molar-refractivity contribution in [1.29, 1.82) is 0 Å². The largest absolute Gasteiger partial charge is 0.488 e. The summed E-state index contributed by atoms with van der Waals surface area (Å²) >= 11 is 0. The van der Waals surface area contributed by atoms with Gasteiger partial charge in [0.25, 0.3) is 5.91 Å². The van der Waals surface area contributed by atoms with Gasteiger partial charge in [-0.25, -0.2) is 4.39 Å².